The Kier molecular flexibility index (Phi) is 7.25. The summed E-state index contributed by atoms with van der Waals surface area (Å²) >= 11 is 0. The quantitative estimate of drug-likeness (QED) is 0.249. The molecule has 0 radical (unpaired) electrons. The van der Waals surface area contributed by atoms with Crippen molar-refractivity contribution in [3.63, 3.8) is 0 Å². The first-order chi connectivity index (χ1) is 19.1. The zero-order chi connectivity index (χ0) is 28.7. The van der Waals surface area contributed by atoms with Gasteiger partial charge in [0.25, 0.3) is 5.69 Å². The standard InChI is InChI=1S/C27H29FN6O6/c1-3-31-15-20(27(37)38)26(36)19-11-21(28)24(12-23(19)31)32-8-6-30(7-9-32)13-18(35)14-33-16(2)29-22-5-4-17(34(39)40)10-25(22)33/h4-5,10-12,15,18,35H,3,6-9,13-14H2,1-2H3,(H,37,38). The number of carboxylic acids is 1. The van der Waals surface area contributed by atoms with Crippen LogP contribution in [0.5, 0.6) is 0 Å². The molecule has 1 atom stereocenters. The maximum atomic E-state index is 15.2. The van der Waals surface area contributed by atoms with Gasteiger partial charge in [-0.2, -0.15) is 0 Å². The molecule has 12 nitrogen and oxygen atoms in total. The summed E-state index contributed by atoms with van der Waals surface area (Å²) in [6.45, 7) is 6.67. The molecule has 1 unspecified atom stereocenters. The molecule has 2 aromatic heterocycles. The number of nitrogens with zero attached hydrogens (tertiary/aromatic N) is 6. The molecule has 3 heterocycles. The number of rotatable bonds is 8. The number of anilines is 1. The van der Waals surface area contributed by atoms with Gasteiger partial charge in [0.1, 0.15) is 17.2 Å². The number of aliphatic hydroxyl groups excluding tert-OH is 1. The van der Waals surface area contributed by atoms with Crippen LogP contribution in [0.15, 0.2) is 41.3 Å². The fourth-order valence-electron chi connectivity index (χ4n) is 5.37. The maximum absolute atomic E-state index is 15.2. The lowest BCUT2D eigenvalue weighted by Gasteiger charge is -2.37. The van der Waals surface area contributed by atoms with E-state index in [9.17, 15) is 29.9 Å². The Labute approximate surface area is 227 Å². The van der Waals surface area contributed by atoms with Gasteiger partial charge < -0.3 is 24.2 Å². The van der Waals surface area contributed by atoms with Gasteiger partial charge in [-0.15, -0.1) is 0 Å². The van der Waals surface area contributed by atoms with Crippen molar-refractivity contribution in [3.05, 3.63) is 74.1 Å². The van der Waals surface area contributed by atoms with Gasteiger partial charge >= 0.3 is 5.97 Å². The van der Waals surface area contributed by atoms with Gasteiger partial charge in [0.15, 0.2) is 0 Å². The number of non-ortho nitro benzene ring substituents is 1. The molecule has 0 aliphatic carbocycles. The molecule has 0 bridgehead atoms. The van der Waals surface area contributed by atoms with Crippen molar-refractivity contribution >= 4 is 39.3 Å². The number of piperazine rings is 1. The minimum atomic E-state index is -1.35. The second-order valence-corrected chi connectivity index (χ2v) is 9.93. The fourth-order valence-corrected chi connectivity index (χ4v) is 5.37. The number of nitro benzene ring substituents is 1. The first-order valence-electron chi connectivity index (χ1n) is 12.9. The van der Waals surface area contributed by atoms with Crippen LogP contribution in [-0.2, 0) is 13.1 Å². The van der Waals surface area contributed by atoms with Crippen LogP contribution in [0.3, 0.4) is 0 Å². The average Bonchev–Trinajstić information content (AvgIpc) is 3.23. The van der Waals surface area contributed by atoms with E-state index in [1.807, 2.05) is 11.8 Å². The molecule has 40 heavy (non-hydrogen) atoms. The summed E-state index contributed by atoms with van der Waals surface area (Å²) in [5.74, 6) is -1.30. The van der Waals surface area contributed by atoms with Crippen molar-refractivity contribution in [2.45, 2.75) is 33.0 Å². The van der Waals surface area contributed by atoms with E-state index in [4.69, 9.17) is 0 Å². The number of carbonyl (C=O) groups is 1. The number of fused-ring (bicyclic) bond motifs is 2. The average molecular weight is 553 g/mol. The van der Waals surface area contributed by atoms with E-state index >= 15 is 4.39 Å². The number of hydrogen-bond donors (Lipinski definition) is 2. The van der Waals surface area contributed by atoms with Gasteiger partial charge in [0.05, 0.1) is 39.8 Å². The van der Waals surface area contributed by atoms with Gasteiger partial charge in [0, 0.05) is 63.0 Å². The van der Waals surface area contributed by atoms with Crippen LogP contribution in [0.4, 0.5) is 15.8 Å². The van der Waals surface area contributed by atoms with Crippen LogP contribution in [0.25, 0.3) is 21.9 Å². The van der Waals surface area contributed by atoms with Crippen LogP contribution >= 0.6 is 0 Å². The SMILES string of the molecule is CCn1cc(C(=O)O)c(=O)c2cc(F)c(N3CCN(CC(O)Cn4c(C)nc5ccc([N+](=O)[O-])cc54)CC3)cc21. The van der Waals surface area contributed by atoms with Gasteiger partial charge in [0.2, 0.25) is 5.43 Å². The Morgan fingerprint density at radius 2 is 1.88 bits per heavy atom. The Balaban J connectivity index is 1.29. The number of benzene rings is 2. The normalized spacial score (nSPS) is 15.2. The first-order valence-corrected chi connectivity index (χ1v) is 12.9. The largest absolute Gasteiger partial charge is 0.477 e. The number of carboxylic acid groups (broad SMARTS) is 1. The van der Waals surface area contributed by atoms with Crippen LogP contribution in [-0.4, -0.2) is 79.0 Å². The number of aromatic carboxylic acids is 1. The molecule has 210 valence electrons. The molecule has 4 aromatic rings. The Morgan fingerprint density at radius 1 is 1.15 bits per heavy atom. The van der Waals surface area contributed by atoms with Gasteiger partial charge in [-0.05, 0) is 32.0 Å². The summed E-state index contributed by atoms with van der Waals surface area (Å²) < 4.78 is 18.6. The van der Waals surface area contributed by atoms with Crippen molar-refractivity contribution < 1.29 is 24.3 Å². The summed E-state index contributed by atoms with van der Waals surface area (Å²) in [7, 11) is 0. The number of imidazole rings is 1. The molecule has 13 heteroatoms. The number of nitro groups is 1. The van der Waals surface area contributed by atoms with Crippen molar-refractivity contribution in [3.8, 4) is 0 Å². The third-order valence-corrected chi connectivity index (χ3v) is 7.43. The Hall–Kier alpha value is -4.36. The minimum absolute atomic E-state index is 0.0254. The molecule has 0 spiro atoms. The van der Waals surface area contributed by atoms with E-state index in [2.05, 4.69) is 9.88 Å². The molecule has 0 amide bonds. The van der Waals surface area contributed by atoms with E-state index in [1.54, 1.807) is 28.2 Å². The zero-order valence-corrected chi connectivity index (χ0v) is 22.1. The van der Waals surface area contributed by atoms with Crippen molar-refractivity contribution in [1.29, 1.82) is 0 Å². The molecule has 1 aliphatic heterocycles. The number of halogens is 1. The third kappa shape index (κ3) is 5.00. The van der Waals surface area contributed by atoms with Gasteiger partial charge in [-0.25, -0.2) is 14.2 Å². The second-order valence-electron chi connectivity index (χ2n) is 9.93. The molecule has 5 rings (SSSR count). The number of hydrogen-bond acceptors (Lipinski definition) is 8. The highest BCUT2D eigenvalue weighted by Gasteiger charge is 2.24. The van der Waals surface area contributed by atoms with Crippen LogP contribution < -0.4 is 10.3 Å². The third-order valence-electron chi connectivity index (χ3n) is 7.43. The highest BCUT2D eigenvalue weighted by Crippen LogP contribution is 2.27. The summed E-state index contributed by atoms with van der Waals surface area (Å²) in [6, 6.07) is 7.17. The predicted molar refractivity (Wildman–Crippen MR) is 147 cm³/mol. The first kappa shape index (κ1) is 27.2. The topological polar surface area (TPSA) is 147 Å². The molecular formula is C27H29FN6O6. The molecule has 1 saturated heterocycles. The lowest BCUT2D eigenvalue weighted by atomic mass is 10.1. The number of β-amino-alcohol motifs (C(OH)–C–C–N with tert-alkyl or cyclic N) is 1. The number of pyridine rings is 1. The van der Waals surface area contributed by atoms with E-state index < -0.39 is 33.8 Å². The van der Waals surface area contributed by atoms with Crippen molar-refractivity contribution in [2.24, 2.45) is 0 Å². The monoisotopic (exact) mass is 552 g/mol. The molecule has 0 saturated carbocycles. The van der Waals surface area contributed by atoms with E-state index in [0.29, 0.717) is 67.3 Å². The summed E-state index contributed by atoms with van der Waals surface area (Å²) in [4.78, 5) is 43.2. The Morgan fingerprint density at radius 3 is 2.52 bits per heavy atom. The Bertz CT molecular complexity index is 1690. The zero-order valence-electron chi connectivity index (χ0n) is 22.1. The molecule has 1 fully saturated rings. The number of aromatic nitrogens is 3. The van der Waals surface area contributed by atoms with Crippen molar-refractivity contribution in [1.82, 2.24) is 19.0 Å². The minimum Gasteiger partial charge on any atom is -0.477 e. The summed E-state index contributed by atoms with van der Waals surface area (Å²) in [5.41, 5.74) is 0.850. The van der Waals surface area contributed by atoms with Crippen LogP contribution in [0, 0.1) is 22.9 Å². The lowest BCUT2D eigenvalue weighted by Crippen LogP contribution is -2.49. The second kappa shape index (κ2) is 10.7. The fraction of sp³-hybridized carbons (Fsp3) is 0.370. The molecule has 2 N–H and O–H groups in total. The van der Waals surface area contributed by atoms with Crippen LogP contribution in [0.1, 0.15) is 23.1 Å². The van der Waals surface area contributed by atoms with Gasteiger partial charge in [-0.3, -0.25) is 19.8 Å². The van der Waals surface area contributed by atoms with E-state index in [1.165, 1.54) is 18.3 Å². The highest BCUT2D eigenvalue weighted by atomic mass is 19.1. The van der Waals surface area contributed by atoms with Crippen LogP contribution in [0.2, 0.25) is 0 Å². The highest BCUT2D eigenvalue weighted by molar-refractivity contribution is 5.93. The smallest absolute Gasteiger partial charge is 0.341 e. The lowest BCUT2D eigenvalue weighted by molar-refractivity contribution is -0.384. The summed E-state index contributed by atoms with van der Waals surface area (Å²) in [5, 5.41) is 31.4. The molecule has 2 aromatic carbocycles. The molecular weight excluding hydrogens is 523 g/mol. The van der Waals surface area contributed by atoms with Gasteiger partial charge in [-0.1, -0.05) is 0 Å². The maximum Gasteiger partial charge on any atom is 0.341 e. The molecule has 1 aliphatic rings. The number of aryl methyl sites for hydroxylation is 2. The summed E-state index contributed by atoms with van der Waals surface area (Å²) in [6.07, 6.45) is 0.527. The van der Waals surface area contributed by atoms with E-state index in [0.717, 1.165) is 6.07 Å². The predicted octanol–water partition coefficient (Wildman–Crippen LogP) is 2.61. The van der Waals surface area contributed by atoms with E-state index in [-0.39, 0.29) is 17.6 Å². The number of aliphatic hydroxyl groups is 1. The van der Waals surface area contributed by atoms with Crippen molar-refractivity contribution in [2.75, 3.05) is 37.6 Å².